The maximum Gasteiger partial charge on any atom is 0.320 e. The summed E-state index contributed by atoms with van der Waals surface area (Å²) in [6.07, 6.45) is 0.857. The van der Waals surface area contributed by atoms with Crippen molar-refractivity contribution in [3.63, 3.8) is 0 Å². The highest BCUT2D eigenvalue weighted by molar-refractivity contribution is 5.88. The number of urea groups is 1. The van der Waals surface area contributed by atoms with Crippen LogP contribution in [0.1, 0.15) is 37.6 Å². The van der Waals surface area contributed by atoms with Gasteiger partial charge in [0.05, 0.1) is 19.3 Å². The van der Waals surface area contributed by atoms with E-state index in [1.165, 1.54) is 0 Å². The van der Waals surface area contributed by atoms with E-state index in [9.17, 15) is 4.79 Å². The van der Waals surface area contributed by atoms with Crippen LogP contribution in [0.5, 0.6) is 11.5 Å². The maximum atomic E-state index is 12.3. The number of hydrogen-bond acceptors (Lipinski definition) is 5. The highest BCUT2D eigenvalue weighted by Crippen LogP contribution is 2.34. The second-order valence-electron chi connectivity index (χ2n) is 6.40. The molecule has 0 fully saturated rings. The molecule has 0 saturated carbocycles. The molecule has 0 saturated heterocycles. The number of hydrogen-bond donors (Lipinski definition) is 2. The molecule has 2 amide bonds. The summed E-state index contributed by atoms with van der Waals surface area (Å²) < 4.78 is 16.4. The first kappa shape index (κ1) is 17.1. The first-order valence-electron chi connectivity index (χ1n) is 8.43. The Hall–Kier alpha value is -2.70. The predicted molar refractivity (Wildman–Crippen MR) is 93.0 cm³/mol. The third kappa shape index (κ3) is 4.23. The normalized spacial score (nSPS) is 14.7. The monoisotopic (exact) mass is 345 g/mol. The number of aromatic nitrogens is 1. The van der Waals surface area contributed by atoms with E-state index in [-0.39, 0.29) is 18.0 Å². The summed E-state index contributed by atoms with van der Waals surface area (Å²) in [5, 5.41) is 9.43. The number of amides is 2. The van der Waals surface area contributed by atoms with Gasteiger partial charge in [-0.25, -0.2) is 4.79 Å². The fraction of sp³-hybridized carbons (Fsp3) is 0.444. The van der Waals surface area contributed by atoms with Gasteiger partial charge in [-0.2, -0.15) is 0 Å². The molecule has 2 N–H and O–H groups in total. The van der Waals surface area contributed by atoms with Crippen molar-refractivity contribution in [3.8, 4) is 11.5 Å². The van der Waals surface area contributed by atoms with Crippen molar-refractivity contribution < 1.29 is 18.8 Å². The number of ether oxygens (including phenoxy) is 2. The van der Waals surface area contributed by atoms with E-state index >= 15 is 0 Å². The molecule has 2 aromatic rings. The average molecular weight is 345 g/mol. The number of anilines is 1. The van der Waals surface area contributed by atoms with Crippen LogP contribution in [0.3, 0.4) is 0 Å². The van der Waals surface area contributed by atoms with Crippen molar-refractivity contribution in [2.24, 2.45) is 5.92 Å². The van der Waals surface area contributed by atoms with Gasteiger partial charge in [0.15, 0.2) is 17.3 Å². The number of benzene rings is 1. The van der Waals surface area contributed by atoms with Crippen molar-refractivity contribution in [2.75, 3.05) is 18.5 Å². The Balaban J connectivity index is 1.74. The summed E-state index contributed by atoms with van der Waals surface area (Å²) >= 11 is 0. The lowest BCUT2D eigenvalue weighted by Crippen LogP contribution is -2.35. The molecule has 134 valence electrons. The highest BCUT2D eigenvalue weighted by Gasteiger charge is 2.21. The Morgan fingerprint density at radius 3 is 2.60 bits per heavy atom. The Morgan fingerprint density at radius 1 is 1.16 bits per heavy atom. The highest BCUT2D eigenvalue weighted by atomic mass is 16.5. The van der Waals surface area contributed by atoms with E-state index < -0.39 is 0 Å². The number of aryl methyl sites for hydroxylation is 1. The fourth-order valence-corrected chi connectivity index (χ4v) is 2.73. The zero-order chi connectivity index (χ0) is 17.8. The lowest BCUT2D eigenvalue weighted by Gasteiger charge is -2.23. The van der Waals surface area contributed by atoms with Gasteiger partial charge in [-0.3, -0.25) is 5.32 Å². The topological polar surface area (TPSA) is 85.6 Å². The molecule has 0 spiro atoms. The van der Waals surface area contributed by atoms with E-state index in [4.69, 9.17) is 14.0 Å². The van der Waals surface area contributed by atoms with E-state index in [1.54, 1.807) is 13.0 Å². The molecule has 3 rings (SSSR count). The minimum absolute atomic E-state index is 0.176. The standard InChI is InChI=1S/C18H23N3O4/c1-11(2)17(20-18(22)19-16-9-12(3)25-21-16)13-5-6-14-15(10-13)24-8-4-7-23-14/h5-6,9-11,17H,4,7-8H2,1-3H3,(H2,19,20,21,22). The summed E-state index contributed by atoms with van der Waals surface area (Å²) in [5.41, 5.74) is 0.964. The predicted octanol–water partition coefficient (Wildman–Crippen LogP) is 3.66. The van der Waals surface area contributed by atoms with Crippen molar-refractivity contribution in [1.82, 2.24) is 10.5 Å². The first-order valence-corrected chi connectivity index (χ1v) is 8.43. The number of nitrogens with one attached hydrogen (secondary N) is 2. The number of carbonyl (C=O) groups is 1. The molecule has 7 nitrogen and oxygen atoms in total. The van der Waals surface area contributed by atoms with Crippen LogP contribution in [0.25, 0.3) is 0 Å². The Kier molecular flexibility index (Phi) is 5.11. The minimum Gasteiger partial charge on any atom is -0.490 e. The van der Waals surface area contributed by atoms with Crippen LogP contribution in [-0.2, 0) is 0 Å². The Morgan fingerprint density at radius 2 is 1.92 bits per heavy atom. The Labute approximate surface area is 146 Å². The van der Waals surface area contributed by atoms with Crippen molar-refractivity contribution >= 4 is 11.8 Å². The third-order valence-corrected chi connectivity index (χ3v) is 3.95. The number of nitrogens with zero attached hydrogens (tertiary/aromatic N) is 1. The van der Waals surface area contributed by atoms with E-state index in [2.05, 4.69) is 15.8 Å². The van der Waals surface area contributed by atoms with Crippen molar-refractivity contribution in [2.45, 2.75) is 33.2 Å². The molecule has 2 heterocycles. The van der Waals surface area contributed by atoms with Gasteiger partial charge in [-0.15, -0.1) is 0 Å². The lowest BCUT2D eigenvalue weighted by atomic mass is 9.96. The van der Waals surface area contributed by atoms with Gasteiger partial charge in [0, 0.05) is 12.5 Å². The molecule has 25 heavy (non-hydrogen) atoms. The molecule has 1 aliphatic rings. The zero-order valence-electron chi connectivity index (χ0n) is 14.7. The molecule has 7 heteroatoms. The van der Waals surface area contributed by atoms with Gasteiger partial charge in [0.25, 0.3) is 0 Å². The fourth-order valence-electron chi connectivity index (χ4n) is 2.73. The van der Waals surface area contributed by atoms with Crippen LogP contribution in [0, 0.1) is 12.8 Å². The van der Waals surface area contributed by atoms with Crippen LogP contribution in [0.2, 0.25) is 0 Å². The number of fused-ring (bicyclic) bond motifs is 1. The van der Waals surface area contributed by atoms with Crippen LogP contribution >= 0.6 is 0 Å². The van der Waals surface area contributed by atoms with Gasteiger partial charge in [-0.05, 0) is 30.5 Å². The Bertz CT molecular complexity index is 742. The third-order valence-electron chi connectivity index (χ3n) is 3.95. The smallest absolute Gasteiger partial charge is 0.320 e. The first-order chi connectivity index (χ1) is 12.0. The number of rotatable bonds is 4. The molecule has 1 aliphatic heterocycles. The maximum absolute atomic E-state index is 12.3. The van der Waals surface area contributed by atoms with Gasteiger partial charge >= 0.3 is 6.03 Å². The summed E-state index contributed by atoms with van der Waals surface area (Å²) in [5.74, 6) is 2.67. The molecular weight excluding hydrogens is 322 g/mol. The second kappa shape index (κ2) is 7.46. The average Bonchev–Trinajstić information content (AvgIpc) is 2.83. The molecule has 1 unspecified atom stereocenters. The van der Waals surface area contributed by atoms with Gasteiger partial charge in [0.1, 0.15) is 5.76 Å². The molecule has 0 radical (unpaired) electrons. The quantitative estimate of drug-likeness (QED) is 0.883. The number of carbonyl (C=O) groups excluding carboxylic acids is 1. The molecular formula is C18H23N3O4. The van der Waals surface area contributed by atoms with Crippen LogP contribution in [0.4, 0.5) is 10.6 Å². The molecule has 1 atom stereocenters. The molecule has 1 aromatic carbocycles. The largest absolute Gasteiger partial charge is 0.490 e. The summed E-state index contributed by atoms with van der Waals surface area (Å²) in [6.45, 7) is 7.15. The summed E-state index contributed by atoms with van der Waals surface area (Å²) in [4.78, 5) is 12.3. The van der Waals surface area contributed by atoms with Gasteiger partial charge < -0.3 is 19.3 Å². The summed E-state index contributed by atoms with van der Waals surface area (Å²) in [7, 11) is 0. The van der Waals surface area contributed by atoms with E-state index in [0.29, 0.717) is 24.8 Å². The van der Waals surface area contributed by atoms with Crippen molar-refractivity contribution in [1.29, 1.82) is 0 Å². The van der Waals surface area contributed by atoms with E-state index in [0.717, 1.165) is 23.5 Å². The minimum atomic E-state index is -0.334. The van der Waals surface area contributed by atoms with Gasteiger partial charge in [-0.1, -0.05) is 25.1 Å². The molecule has 0 aliphatic carbocycles. The summed E-state index contributed by atoms with van der Waals surface area (Å²) in [6, 6.07) is 6.94. The molecule has 0 bridgehead atoms. The lowest BCUT2D eigenvalue weighted by molar-refractivity contribution is 0.244. The van der Waals surface area contributed by atoms with Crippen LogP contribution < -0.4 is 20.1 Å². The SMILES string of the molecule is Cc1cc(NC(=O)NC(c2ccc3c(c2)OCCCO3)C(C)C)no1. The van der Waals surface area contributed by atoms with Crippen LogP contribution in [0.15, 0.2) is 28.8 Å². The van der Waals surface area contributed by atoms with Crippen molar-refractivity contribution in [3.05, 3.63) is 35.6 Å². The second-order valence-corrected chi connectivity index (χ2v) is 6.40. The van der Waals surface area contributed by atoms with E-state index in [1.807, 2.05) is 32.0 Å². The van der Waals surface area contributed by atoms with Crippen LogP contribution in [-0.4, -0.2) is 24.4 Å². The van der Waals surface area contributed by atoms with Gasteiger partial charge in [0.2, 0.25) is 0 Å². The molecule has 1 aromatic heterocycles. The zero-order valence-corrected chi connectivity index (χ0v) is 14.7.